The average Bonchev–Trinajstić information content (AvgIpc) is 2.84. The summed E-state index contributed by atoms with van der Waals surface area (Å²) in [5.41, 5.74) is 1.36. The maximum atomic E-state index is 5.91. The molecule has 6 nitrogen and oxygen atoms in total. The molecule has 3 aromatic heterocycles. The largest absolute Gasteiger partial charge is 0.277 e. The van der Waals surface area contributed by atoms with Crippen molar-refractivity contribution in [3.05, 3.63) is 23.2 Å². The van der Waals surface area contributed by atoms with Crippen molar-refractivity contribution in [2.75, 3.05) is 0 Å². The normalized spacial score (nSPS) is 11.1. The molecule has 0 N–H and O–H groups in total. The van der Waals surface area contributed by atoms with Crippen LogP contribution in [0.3, 0.4) is 0 Å². The first kappa shape index (κ1) is 9.61. The summed E-state index contributed by atoms with van der Waals surface area (Å²) < 4.78 is 5.64. The molecule has 16 heavy (non-hydrogen) atoms. The highest BCUT2D eigenvalue weighted by atomic mass is 35.5. The Morgan fingerprint density at radius 3 is 2.94 bits per heavy atom. The summed E-state index contributed by atoms with van der Waals surface area (Å²) in [7, 11) is 0. The lowest BCUT2D eigenvalue weighted by Gasteiger charge is -1.96. The van der Waals surface area contributed by atoms with Crippen LogP contribution in [0.15, 0.2) is 12.4 Å². The summed E-state index contributed by atoms with van der Waals surface area (Å²) in [6, 6.07) is 0. The molecule has 0 aromatic carbocycles. The first-order chi connectivity index (χ1) is 7.77. The van der Waals surface area contributed by atoms with E-state index in [1.807, 2.05) is 6.92 Å². The van der Waals surface area contributed by atoms with Crippen molar-refractivity contribution in [3.8, 4) is 10.7 Å². The fourth-order valence-electron chi connectivity index (χ4n) is 1.39. The number of hydrogen-bond donors (Lipinski definition) is 0. The fraction of sp³-hybridized carbons (Fsp3) is 0.125. The molecule has 0 radical (unpaired) electrons. The molecule has 0 atom stereocenters. The van der Waals surface area contributed by atoms with Gasteiger partial charge in [-0.25, -0.2) is 4.98 Å². The monoisotopic (exact) mass is 252 g/mol. The van der Waals surface area contributed by atoms with Crippen molar-refractivity contribution >= 4 is 28.8 Å². The van der Waals surface area contributed by atoms with Crippen molar-refractivity contribution < 1.29 is 0 Å². The minimum absolute atomic E-state index is 0.330. The van der Waals surface area contributed by atoms with Crippen molar-refractivity contribution in [1.82, 2.24) is 29.2 Å². The zero-order chi connectivity index (χ0) is 11.1. The van der Waals surface area contributed by atoms with E-state index in [0.717, 1.165) is 10.6 Å². The number of aromatic nitrogens is 6. The van der Waals surface area contributed by atoms with Gasteiger partial charge in [0, 0.05) is 12.4 Å². The van der Waals surface area contributed by atoms with E-state index in [1.165, 1.54) is 11.5 Å². The molecule has 3 rings (SSSR count). The van der Waals surface area contributed by atoms with Gasteiger partial charge in [0.25, 0.3) is 0 Å². The van der Waals surface area contributed by atoms with Gasteiger partial charge >= 0.3 is 0 Å². The number of hydrogen-bond acceptors (Lipinski definition) is 6. The van der Waals surface area contributed by atoms with Crippen LogP contribution in [0.25, 0.3) is 16.3 Å². The molecule has 0 bridgehead atoms. The van der Waals surface area contributed by atoms with E-state index < -0.39 is 0 Å². The first-order valence-electron chi connectivity index (χ1n) is 4.42. The Balaban J connectivity index is 2.34. The minimum Gasteiger partial charge on any atom is -0.277 e. The lowest BCUT2D eigenvalue weighted by atomic mass is 10.4. The first-order valence-corrected chi connectivity index (χ1v) is 5.57. The molecule has 8 heteroatoms. The minimum atomic E-state index is 0.330. The highest BCUT2D eigenvalue weighted by molar-refractivity contribution is 7.09. The van der Waals surface area contributed by atoms with Gasteiger partial charge in [-0.05, 0) is 18.5 Å². The third-order valence-electron chi connectivity index (χ3n) is 2.14. The molecule has 0 spiro atoms. The molecule has 3 heterocycles. The molecule has 80 valence electrons. The van der Waals surface area contributed by atoms with Gasteiger partial charge in [0.05, 0.1) is 5.69 Å². The van der Waals surface area contributed by atoms with Crippen LogP contribution in [0.4, 0.5) is 0 Å². The van der Waals surface area contributed by atoms with E-state index in [2.05, 4.69) is 24.8 Å². The van der Waals surface area contributed by atoms with E-state index in [0.29, 0.717) is 16.6 Å². The molecule has 0 aliphatic heterocycles. The predicted octanol–water partition coefficient (Wildman–Crippen LogP) is 1.60. The Morgan fingerprint density at radius 2 is 2.19 bits per heavy atom. The molecule has 0 saturated carbocycles. The smallest absolute Gasteiger partial charge is 0.198 e. The van der Waals surface area contributed by atoms with E-state index >= 15 is 0 Å². The molecule has 0 aliphatic rings. The van der Waals surface area contributed by atoms with Gasteiger partial charge in [-0.2, -0.15) is 0 Å². The molecule has 0 unspecified atom stereocenters. The lowest BCUT2D eigenvalue weighted by Crippen LogP contribution is -1.90. The second-order valence-corrected chi connectivity index (χ2v) is 4.23. The highest BCUT2D eigenvalue weighted by Crippen LogP contribution is 2.25. The Morgan fingerprint density at radius 1 is 1.31 bits per heavy atom. The van der Waals surface area contributed by atoms with Crippen molar-refractivity contribution in [3.63, 3.8) is 0 Å². The van der Waals surface area contributed by atoms with Gasteiger partial charge < -0.3 is 0 Å². The van der Waals surface area contributed by atoms with E-state index in [1.54, 1.807) is 16.8 Å². The van der Waals surface area contributed by atoms with Crippen LogP contribution in [0.1, 0.15) is 5.69 Å². The standard InChI is InChI=1S/C8H5ClN6S/c1-4-5(16-14-11-4)7-12-13-8-6(9)10-2-3-15(7)8/h2-3H,1H3. The van der Waals surface area contributed by atoms with Gasteiger partial charge in [-0.15, -0.1) is 15.3 Å². The number of rotatable bonds is 1. The van der Waals surface area contributed by atoms with Crippen LogP contribution in [0.5, 0.6) is 0 Å². The average molecular weight is 253 g/mol. The van der Waals surface area contributed by atoms with Crippen LogP contribution < -0.4 is 0 Å². The van der Waals surface area contributed by atoms with Crippen LogP contribution in [-0.4, -0.2) is 29.2 Å². The van der Waals surface area contributed by atoms with Gasteiger partial charge in [-0.1, -0.05) is 16.1 Å². The SMILES string of the molecule is Cc1nnsc1-c1nnc2c(Cl)nccn12. The molecule has 0 saturated heterocycles. The number of nitrogens with zero attached hydrogens (tertiary/aromatic N) is 6. The molecular formula is C8H5ClN6S. The zero-order valence-electron chi connectivity index (χ0n) is 8.12. The summed E-state index contributed by atoms with van der Waals surface area (Å²) in [6.07, 6.45) is 3.36. The van der Waals surface area contributed by atoms with Gasteiger partial charge in [0.1, 0.15) is 4.88 Å². The molecule has 0 amide bonds. The second-order valence-electron chi connectivity index (χ2n) is 3.12. The van der Waals surface area contributed by atoms with Crippen LogP contribution in [-0.2, 0) is 0 Å². The van der Waals surface area contributed by atoms with Crippen molar-refractivity contribution in [1.29, 1.82) is 0 Å². The molecular weight excluding hydrogens is 248 g/mol. The number of halogens is 1. The summed E-state index contributed by atoms with van der Waals surface area (Å²) in [5.74, 6) is 0.687. The van der Waals surface area contributed by atoms with E-state index in [9.17, 15) is 0 Å². The van der Waals surface area contributed by atoms with E-state index in [4.69, 9.17) is 11.6 Å². The summed E-state index contributed by atoms with van der Waals surface area (Å²) >= 11 is 7.19. The van der Waals surface area contributed by atoms with E-state index in [-0.39, 0.29) is 0 Å². The van der Waals surface area contributed by atoms with Gasteiger partial charge in [0.2, 0.25) is 0 Å². The Hall–Kier alpha value is -1.60. The zero-order valence-corrected chi connectivity index (χ0v) is 9.70. The number of fused-ring (bicyclic) bond motifs is 1. The predicted molar refractivity (Wildman–Crippen MR) is 59.4 cm³/mol. The quantitative estimate of drug-likeness (QED) is 0.658. The van der Waals surface area contributed by atoms with Crippen LogP contribution in [0, 0.1) is 6.92 Å². The maximum Gasteiger partial charge on any atom is 0.198 e. The Kier molecular flexibility index (Phi) is 2.08. The van der Waals surface area contributed by atoms with Crippen molar-refractivity contribution in [2.24, 2.45) is 0 Å². The topological polar surface area (TPSA) is 68.9 Å². The molecule has 3 aromatic rings. The second kappa shape index (κ2) is 3.46. The molecule has 0 fully saturated rings. The highest BCUT2D eigenvalue weighted by Gasteiger charge is 2.15. The third-order valence-corrected chi connectivity index (χ3v) is 3.23. The third kappa shape index (κ3) is 1.29. The lowest BCUT2D eigenvalue weighted by molar-refractivity contribution is 1.07. The Bertz CT molecular complexity index is 659. The summed E-state index contributed by atoms with van der Waals surface area (Å²) in [6.45, 7) is 1.88. The fourth-order valence-corrected chi connectivity index (χ4v) is 2.21. The number of aryl methyl sites for hydroxylation is 1. The van der Waals surface area contributed by atoms with Gasteiger partial charge in [0.15, 0.2) is 16.6 Å². The van der Waals surface area contributed by atoms with Crippen molar-refractivity contribution in [2.45, 2.75) is 6.92 Å². The van der Waals surface area contributed by atoms with Gasteiger partial charge in [-0.3, -0.25) is 4.40 Å². The Labute approximate surface area is 99.1 Å². The van der Waals surface area contributed by atoms with Crippen LogP contribution in [0.2, 0.25) is 5.15 Å². The van der Waals surface area contributed by atoms with Crippen LogP contribution >= 0.6 is 23.1 Å². The summed E-state index contributed by atoms with van der Waals surface area (Å²) in [5, 5.41) is 12.3. The molecule has 0 aliphatic carbocycles. The maximum absolute atomic E-state index is 5.91. The summed E-state index contributed by atoms with van der Waals surface area (Å²) in [4.78, 5) is 4.82.